The largest absolute Gasteiger partial charge is 0.331 e. The Morgan fingerprint density at radius 1 is 0.966 bits per heavy atom. The summed E-state index contributed by atoms with van der Waals surface area (Å²) in [6.07, 6.45) is 6.38. The normalized spacial score (nSPS) is 10.2. The standard InChI is InChI=1S/C22H21N5O2/c1-3-13-26(14-4-2)22(29)18-5-9-19(10-6-18)25-21(28)17-7-11-20(12-8-17)27-16-23-15-24-27/h3-12,15-16H,1-2,13-14H2,(H,25,28). The maximum absolute atomic E-state index is 12.5. The molecule has 0 unspecified atom stereocenters. The number of hydrogen-bond acceptors (Lipinski definition) is 4. The molecule has 0 aliphatic carbocycles. The molecule has 0 aliphatic heterocycles. The van der Waals surface area contributed by atoms with Crippen LogP contribution in [0.2, 0.25) is 0 Å². The number of aromatic nitrogens is 3. The third-order valence-corrected chi connectivity index (χ3v) is 4.19. The fraction of sp³-hybridized carbons (Fsp3) is 0.0909. The summed E-state index contributed by atoms with van der Waals surface area (Å²) < 4.78 is 1.61. The van der Waals surface area contributed by atoms with Gasteiger partial charge in [0.1, 0.15) is 12.7 Å². The van der Waals surface area contributed by atoms with Crippen LogP contribution in [0.4, 0.5) is 5.69 Å². The van der Waals surface area contributed by atoms with Gasteiger partial charge in [0.2, 0.25) is 0 Å². The molecular weight excluding hydrogens is 366 g/mol. The van der Waals surface area contributed by atoms with Crippen molar-refractivity contribution in [3.8, 4) is 5.69 Å². The zero-order chi connectivity index (χ0) is 20.6. The van der Waals surface area contributed by atoms with Crippen LogP contribution in [-0.2, 0) is 0 Å². The number of carbonyl (C=O) groups is 2. The summed E-state index contributed by atoms with van der Waals surface area (Å²) in [6.45, 7) is 8.22. The van der Waals surface area contributed by atoms with E-state index in [0.29, 0.717) is 29.9 Å². The molecule has 2 aromatic carbocycles. The van der Waals surface area contributed by atoms with E-state index in [0.717, 1.165) is 5.69 Å². The average Bonchev–Trinajstić information content (AvgIpc) is 3.29. The van der Waals surface area contributed by atoms with Crippen LogP contribution in [0.1, 0.15) is 20.7 Å². The van der Waals surface area contributed by atoms with Crippen LogP contribution in [-0.4, -0.2) is 44.6 Å². The van der Waals surface area contributed by atoms with Crippen molar-refractivity contribution in [3.63, 3.8) is 0 Å². The van der Waals surface area contributed by atoms with E-state index in [-0.39, 0.29) is 11.8 Å². The quantitative estimate of drug-likeness (QED) is 0.601. The molecule has 0 bridgehead atoms. The maximum atomic E-state index is 12.5. The smallest absolute Gasteiger partial charge is 0.255 e. The molecule has 146 valence electrons. The first-order valence-corrected chi connectivity index (χ1v) is 9.00. The molecule has 0 radical (unpaired) electrons. The Balaban J connectivity index is 1.66. The van der Waals surface area contributed by atoms with Gasteiger partial charge in [-0.2, -0.15) is 5.10 Å². The second-order valence-electron chi connectivity index (χ2n) is 6.21. The van der Waals surface area contributed by atoms with Crippen LogP contribution in [0, 0.1) is 0 Å². The number of carbonyl (C=O) groups excluding carboxylic acids is 2. The topological polar surface area (TPSA) is 80.1 Å². The predicted molar refractivity (Wildman–Crippen MR) is 112 cm³/mol. The SMILES string of the molecule is C=CCN(CC=C)C(=O)c1ccc(NC(=O)c2ccc(-n3cncn3)cc2)cc1. The summed E-state index contributed by atoms with van der Waals surface area (Å²) in [5, 5.41) is 6.88. The highest BCUT2D eigenvalue weighted by Crippen LogP contribution is 2.14. The molecule has 7 nitrogen and oxygen atoms in total. The molecule has 0 atom stereocenters. The van der Waals surface area contributed by atoms with Crippen LogP contribution in [0.25, 0.3) is 5.69 Å². The first-order valence-electron chi connectivity index (χ1n) is 9.00. The lowest BCUT2D eigenvalue weighted by Gasteiger charge is -2.19. The van der Waals surface area contributed by atoms with Gasteiger partial charge in [-0.1, -0.05) is 12.2 Å². The Bertz CT molecular complexity index is 983. The van der Waals surface area contributed by atoms with Crippen molar-refractivity contribution in [1.29, 1.82) is 0 Å². The summed E-state index contributed by atoms with van der Waals surface area (Å²) in [5.74, 6) is -0.361. The summed E-state index contributed by atoms with van der Waals surface area (Å²) in [4.78, 5) is 30.5. The van der Waals surface area contributed by atoms with Crippen LogP contribution in [0.3, 0.4) is 0 Å². The molecule has 3 aromatic rings. The lowest BCUT2D eigenvalue weighted by atomic mass is 10.1. The first kappa shape index (κ1) is 19.8. The lowest BCUT2D eigenvalue weighted by Crippen LogP contribution is -2.31. The van der Waals surface area contributed by atoms with E-state index in [9.17, 15) is 9.59 Å². The maximum Gasteiger partial charge on any atom is 0.255 e. The van der Waals surface area contributed by atoms with Gasteiger partial charge in [0, 0.05) is 29.9 Å². The Morgan fingerprint density at radius 2 is 1.59 bits per heavy atom. The zero-order valence-corrected chi connectivity index (χ0v) is 15.9. The van der Waals surface area contributed by atoms with Crippen molar-refractivity contribution in [2.75, 3.05) is 18.4 Å². The van der Waals surface area contributed by atoms with Gasteiger partial charge in [-0.3, -0.25) is 9.59 Å². The van der Waals surface area contributed by atoms with Crippen LogP contribution >= 0.6 is 0 Å². The van der Waals surface area contributed by atoms with E-state index >= 15 is 0 Å². The lowest BCUT2D eigenvalue weighted by molar-refractivity contribution is 0.0790. The minimum absolute atomic E-state index is 0.119. The summed E-state index contributed by atoms with van der Waals surface area (Å²) in [7, 11) is 0. The molecule has 1 N–H and O–H groups in total. The highest BCUT2D eigenvalue weighted by molar-refractivity contribution is 6.04. The molecule has 29 heavy (non-hydrogen) atoms. The molecule has 3 rings (SSSR count). The Kier molecular flexibility index (Phi) is 6.32. The third-order valence-electron chi connectivity index (χ3n) is 4.19. The Labute approximate surface area is 169 Å². The van der Waals surface area contributed by atoms with Crippen molar-refractivity contribution < 1.29 is 9.59 Å². The first-order chi connectivity index (χ1) is 14.1. The molecule has 0 saturated heterocycles. The van der Waals surface area contributed by atoms with Crippen molar-refractivity contribution in [3.05, 3.63) is 97.6 Å². The van der Waals surface area contributed by atoms with Gasteiger partial charge in [0.15, 0.2) is 0 Å². The van der Waals surface area contributed by atoms with Crippen molar-refractivity contribution in [1.82, 2.24) is 19.7 Å². The number of nitrogens with one attached hydrogen (secondary N) is 1. The van der Waals surface area contributed by atoms with E-state index in [1.807, 2.05) is 0 Å². The van der Waals surface area contributed by atoms with Crippen molar-refractivity contribution in [2.24, 2.45) is 0 Å². The highest BCUT2D eigenvalue weighted by atomic mass is 16.2. The minimum atomic E-state index is -0.242. The number of rotatable bonds is 8. The van der Waals surface area contributed by atoms with Gasteiger partial charge in [0.05, 0.1) is 5.69 Å². The number of anilines is 1. The fourth-order valence-electron chi connectivity index (χ4n) is 2.74. The number of nitrogens with zero attached hydrogens (tertiary/aromatic N) is 4. The fourth-order valence-corrected chi connectivity index (χ4v) is 2.74. The van der Waals surface area contributed by atoms with E-state index in [2.05, 4.69) is 28.6 Å². The van der Waals surface area contributed by atoms with Crippen molar-refractivity contribution >= 4 is 17.5 Å². The van der Waals surface area contributed by atoms with Crippen LogP contribution in [0.5, 0.6) is 0 Å². The summed E-state index contributed by atoms with van der Waals surface area (Å²) in [6, 6.07) is 13.8. The van der Waals surface area contributed by atoms with Gasteiger partial charge in [-0.25, -0.2) is 9.67 Å². The summed E-state index contributed by atoms with van der Waals surface area (Å²) >= 11 is 0. The molecule has 0 fully saturated rings. The molecular formula is C22H21N5O2. The predicted octanol–water partition coefficient (Wildman–Crippen LogP) is 3.33. The van der Waals surface area contributed by atoms with Gasteiger partial charge in [-0.05, 0) is 48.5 Å². The number of benzene rings is 2. The second-order valence-corrected chi connectivity index (χ2v) is 6.21. The molecule has 7 heteroatoms. The van der Waals surface area contributed by atoms with Gasteiger partial charge >= 0.3 is 0 Å². The molecule has 1 aromatic heterocycles. The van der Waals surface area contributed by atoms with E-state index in [1.54, 1.807) is 76.6 Å². The van der Waals surface area contributed by atoms with E-state index in [4.69, 9.17) is 0 Å². The van der Waals surface area contributed by atoms with Crippen LogP contribution < -0.4 is 5.32 Å². The van der Waals surface area contributed by atoms with E-state index in [1.165, 1.54) is 6.33 Å². The number of hydrogen-bond donors (Lipinski definition) is 1. The van der Waals surface area contributed by atoms with Gasteiger partial charge in [-0.15, -0.1) is 13.2 Å². The highest BCUT2D eigenvalue weighted by Gasteiger charge is 2.13. The van der Waals surface area contributed by atoms with Crippen LogP contribution in [0.15, 0.2) is 86.5 Å². The van der Waals surface area contributed by atoms with Gasteiger partial charge in [0.25, 0.3) is 11.8 Å². The molecule has 0 saturated carbocycles. The van der Waals surface area contributed by atoms with Crippen molar-refractivity contribution in [2.45, 2.75) is 0 Å². The summed E-state index contributed by atoms with van der Waals surface area (Å²) in [5.41, 5.74) is 2.46. The minimum Gasteiger partial charge on any atom is -0.331 e. The Morgan fingerprint density at radius 3 is 2.14 bits per heavy atom. The number of amides is 2. The van der Waals surface area contributed by atoms with E-state index < -0.39 is 0 Å². The van der Waals surface area contributed by atoms with Gasteiger partial charge < -0.3 is 10.2 Å². The third kappa shape index (κ3) is 4.84. The molecule has 1 heterocycles. The zero-order valence-electron chi connectivity index (χ0n) is 15.9. The second kappa shape index (κ2) is 9.27. The average molecular weight is 387 g/mol. The monoisotopic (exact) mass is 387 g/mol. The molecule has 2 amide bonds. The molecule has 0 spiro atoms. The molecule has 0 aliphatic rings. The Hall–Kier alpha value is -4.00.